The molecule has 0 N–H and O–H groups in total. The van der Waals surface area contributed by atoms with Gasteiger partial charge in [-0.05, 0) is 12.5 Å². The van der Waals surface area contributed by atoms with Crippen LogP contribution in [-0.4, -0.2) is 17.3 Å². The molecule has 92 valence electrons. The van der Waals surface area contributed by atoms with E-state index in [1.54, 1.807) is 0 Å². The Hall–Kier alpha value is -0.670. The number of thioether (sulfide) groups is 1. The first kappa shape index (κ1) is 14.4. The Labute approximate surface area is 118 Å². The van der Waals surface area contributed by atoms with Crippen LogP contribution in [0.25, 0.3) is 0 Å². The van der Waals surface area contributed by atoms with Gasteiger partial charge in [-0.15, -0.1) is 35.3 Å². The van der Waals surface area contributed by atoms with Crippen molar-refractivity contribution in [3.8, 4) is 0 Å². The maximum absolute atomic E-state index is 3.79. The third-order valence-corrected chi connectivity index (χ3v) is 4.06. The molecule has 0 bridgehead atoms. The molecule has 1 nitrogen and oxygen atoms in total. The van der Waals surface area contributed by atoms with E-state index in [0.717, 1.165) is 18.8 Å². The van der Waals surface area contributed by atoms with Gasteiger partial charge in [-0.2, -0.15) is 0 Å². The highest BCUT2D eigenvalue weighted by Crippen LogP contribution is 2.33. The molecule has 3 heteroatoms. The minimum absolute atomic E-state index is 0. The van der Waals surface area contributed by atoms with Crippen LogP contribution in [0.3, 0.4) is 0 Å². The molecular weight excluding hydrogens is 294 g/mol. The molecule has 0 amide bonds. The van der Waals surface area contributed by atoms with Gasteiger partial charge in [0.15, 0.2) is 0 Å². The fourth-order valence-electron chi connectivity index (χ4n) is 1.84. The van der Waals surface area contributed by atoms with Crippen molar-refractivity contribution in [2.75, 3.05) is 12.4 Å². The molecule has 0 saturated carbocycles. The summed E-state index contributed by atoms with van der Waals surface area (Å²) in [5, 5.41) is 0. The average Bonchev–Trinajstić information content (AvgIpc) is 2.64. The summed E-state index contributed by atoms with van der Waals surface area (Å²) in [6.45, 7) is 6.96. The summed E-state index contributed by atoms with van der Waals surface area (Å²) in [5.74, 6) is 1.07. The number of hydrogen-bond donors (Lipinski definition) is 0. The molecule has 1 aliphatic heterocycles. The van der Waals surface area contributed by atoms with E-state index < -0.39 is 0 Å². The highest BCUT2D eigenvalue weighted by atomic mass is 79.9. The van der Waals surface area contributed by atoms with Crippen LogP contribution in [0.1, 0.15) is 12.5 Å². The van der Waals surface area contributed by atoms with Crippen molar-refractivity contribution >= 4 is 28.7 Å². The molecule has 1 heterocycles. The molecule has 1 aliphatic rings. The predicted octanol–water partition coefficient (Wildman–Crippen LogP) is 4.23. The average molecular weight is 312 g/mol. The zero-order valence-electron chi connectivity index (χ0n) is 10.1. The highest BCUT2D eigenvalue weighted by molar-refractivity contribution is 8.93. The van der Waals surface area contributed by atoms with E-state index >= 15 is 0 Å². The summed E-state index contributed by atoms with van der Waals surface area (Å²) < 4.78 is 0. The van der Waals surface area contributed by atoms with Gasteiger partial charge in [0.25, 0.3) is 0 Å². The van der Waals surface area contributed by atoms with Crippen LogP contribution in [0.2, 0.25) is 0 Å². The van der Waals surface area contributed by atoms with Gasteiger partial charge in [-0.25, -0.2) is 0 Å². The topological polar surface area (TPSA) is 3.24 Å². The van der Waals surface area contributed by atoms with E-state index in [0.29, 0.717) is 0 Å². The molecule has 0 atom stereocenters. The first-order valence-corrected chi connectivity index (χ1v) is 6.52. The molecule has 1 aromatic carbocycles. The molecule has 17 heavy (non-hydrogen) atoms. The second-order valence-electron chi connectivity index (χ2n) is 3.96. The van der Waals surface area contributed by atoms with Crippen LogP contribution >= 0.6 is 28.7 Å². The van der Waals surface area contributed by atoms with Crippen LogP contribution in [0.15, 0.2) is 53.6 Å². The van der Waals surface area contributed by atoms with Gasteiger partial charge in [0, 0.05) is 23.6 Å². The Morgan fingerprint density at radius 3 is 2.71 bits per heavy atom. The summed E-state index contributed by atoms with van der Waals surface area (Å²) in [6, 6.07) is 10.7. The Kier molecular flexibility index (Phi) is 5.86. The molecule has 0 spiro atoms. The van der Waals surface area contributed by atoms with Crippen molar-refractivity contribution in [1.82, 2.24) is 4.90 Å². The highest BCUT2D eigenvalue weighted by Gasteiger charge is 2.18. The summed E-state index contributed by atoms with van der Waals surface area (Å²) in [6.07, 6.45) is 3.03. The van der Waals surface area contributed by atoms with Crippen molar-refractivity contribution in [2.45, 2.75) is 13.3 Å². The third-order valence-electron chi connectivity index (χ3n) is 2.83. The third kappa shape index (κ3) is 3.65. The second kappa shape index (κ2) is 6.92. The number of rotatable bonds is 4. The predicted molar refractivity (Wildman–Crippen MR) is 82.5 cm³/mol. The lowest BCUT2D eigenvalue weighted by atomic mass is 10.1. The van der Waals surface area contributed by atoms with Gasteiger partial charge in [0.1, 0.15) is 0 Å². The van der Waals surface area contributed by atoms with Crippen molar-refractivity contribution < 1.29 is 0 Å². The van der Waals surface area contributed by atoms with E-state index in [1.807, 2.05) is 17.8 Å². The maximum atomic E-state index is 3.79. The number of allylic oxidation sites excluding steroid dienone is 2. The van der Waals surface area contributed by atoms with Crippen molar-refractivity contribution in [2.24, 2.45) is 0 Å². The van der Waals surface area contributed by atoms with E-state index in [2.05, 4.69) is 48.7 Å². The summed E-state index contributed by atoms with van der Waals surface area (Å²) in [4.78, 5) is 3.86. The minimum Gasteiger partial charge on any atom is -0.361 e. The molecule has 0 fully saturated rings. The molecule has 0 radical (unpaired) electrons. The molecule has 0 aliphatic carbocycles. The zero-order valence-corrected chi connectivity index (χ0v) is 12.6. The van der Waals surface area contributed by atoms with Crippen molar-refractivity contribution in [3.05, 3.63) is 59.2 Å². The number of halogens is 1. The first-order valence-electron chi connectivity index (χ1n) is 5.53. The maximum Gasteiger partial charge on any atom is 0.0684 e. The fraction of sp³-hybridized carbons (Fsp3) is 0.286. The van der Waals surface area contributed by atoms with Crippen LogP contribution in [-0.2, 0) is 6.42 Å². The standard InChI is InChI=1S/C14H17NS.BrH/c1-3-9-15-11-16-14(12(15)2)10-13-7-5-4-6-8-13;/h3-8H,1,9-11H2,2H3;1H. The van der Waals surface area contributed by atoms with Crippen molar-refractivity contribution in [3.63, 3.8) is 0 Å². The largest absolute Gasteiger partial charge is 0.361 e. The minimum atomic E-state index is 0. The monoisotopic (exact) mass is 311 g/mol. The van der Waals surface area contributed by atoms with Crippen LogP contribution in [0.5, 0.6) is 0 Å². The smallest absolute Gasteiger partial charge is 0.0684 e. The Bertz CT molecular complexity index is 400. The molecule has 0 aromatic heterocycles. The SMILES string of the molecule is Br.C=CCN1CSC(Cc2ccccc2)=C1C. The Morgan fingerprint density at radius 1 is 1.35 bits per heavy atom. The lowest BCUT2D eigenvalue weighted by molar-refractivity contribution is 0.455. The van der Waals surface area contributed by atoms with Gasteiger partial charge in [0.2, 0.25) is 0 Å². The van der Waals surface area contributed by atoms with Crippen LogP contribution < -0.4 is 0 Å². The quantitative estimate of drug-likeness (QED) is 0.765. The summed E-state index contributed by atoms with van der Waals surface area (Å²) in [7, 11) is 0. The summed E-state index contributed by atoms with van der Waals surface area (Å²) >= 11 is 1.95. The van der Waals surface area contributed by atoms with Gasteiger partial charge in [-0.1, -0.05) is 36.4 Å². The van der Waals surface area contributed by atoms with Crippen LogP contribution in [0, 0.1) is 0 Å². The lowest BCUT2D eigenvalue weighted by Gasteiger charge is -2.16. The van der Waals surface area contributed by atoms with E-state index in [-0.39, 0.29) is 17.0 Å². The number of benzene rings is 1. The molecule has 0 unspecified atom stereocenters. The van der Waals surface area contributed by atoms with Gasteiger partial charge >= 0.3 is 0 Å². The van der Waals surface area contributed by atoms with Gasteiger partial charge in [-0.3, -0.25) is 0 Å². The van der Waals surface area contributed by atoms with E-state index in [1.165, 1.54) is 16.2 Å². The van der Waals surface area contributed by atoms with Crippen LogP contribution in [0.4, 0.5) is 0 Å². The van der Waals surface area contributed by atoms with E-state index in [4.69, 9.17) is 0 Å². The van der Waals surface area contributed by atoms with Crippen molar-refractivity contribution in [1.29, 1.82) is 0 Å². The normalized spacial score (nSPS) is 14.8. The first-order chi connectivity index (χ1) is 7.81. The lowest BCUT2D eigenvalue weighted by Crippen LogP contribution is -2.17. The second-order valence-corrected chi connectivity index (χ2v) is 5.00. The van der Waals surface area contributed by atoms with E-state index in [9.17, 15) is 0 Å². The van der Waals surface area contributed by atoms with Gasteiger partial charge in [0.05, 0.1) is 5.88 Å². The Morgan fingerprint density at radius 2 is 2.06 bits per heavy atom. The number of hydrogen-bond acceptors (Lipinski definition) is 2. The number of nitrogens with zero attached hydrogens (tertiary/aromatic N) is 1. The summed E-state index contributed by atoms with van der Waals surface area (Å²) in [5.41, 5.74) is 2.80. The Balaban J connectivity index is 0.00000144. The van der Waals surface area contributed by atoms with Gasteiger partial charge < -0.3 is 4.90 Å². The molecule has 1 aromatic rings. The molecule has 0 saturated heterocycles. The molecule has 2 rings (SSSR count). The fourth-order valence-corrected chi connectivity index (χ4v) is 3.06. The molecular formula is C14H18BrNS. The zero-order chi connectivity index (χ0) is 11.4.